The summed E-state index contributed by atoms with van der Waals surface area (Å²) < 4.78 is 2.00. The second kappa shape index (κ2) is 7.42. The van der Waals surface area contributed by atoms with Gasteiger partial charge in [0.1, 0.15) is 0 Å². The molecule has 0 aliphatic heterocycles. The van der Waals surface area contributed by atoms with Crippen molar-refractivity contribution in [3.8, 4) is 0 Å². The summed E-state index contributed by atoms with van der Waals surface area (Å²) in [6.07, 6.45) is 1.05. The van der Waals surface area contributed by atoms with Crippen molar-refractivity contribution in [3.63, 3.8) is 0 Å². The van der Waals surface area contributed by atoms with E-state index < -0.39 is 0 Å². The van der Waals surface area contributed by atoms with Crippen LogP contribution in [0.15, 0.2) is 28.6 Å². The number of thioether (sulfide) groups is 1. The molecule has 0 bridgehead atoms. The van der Waals surface area contributed by atoms with Gasteiger partial charge in [-0.05, 0) is 30.4 Å². The molecule has 4 nitrogen and oxygen atoms in total. The fourth-order valence-electron chi connectivity index (χ4n) is 2.20. The number of Topliss-reactive ketones (excluding diaryl/α,β-unsaturated/α-hetero) is 1. The van der Waals surface area contributed by atoms with E-state index in [-0.39, 0.29) is 5.78 Å². The van der Waals surface area contributed by atoms with Crippen molar-refractivity contribution >= 4 is 55.4 Å². The Morgan fingerprint density at radius 1 is 1.26 bits per heavy atom. The molecule has 0 fully saturated rings. The zero-order valence-corrected chi connectivity index (χ0v) is 15.4. The Hall–Kier alpha value is -1.44. The van der Waals surface area contributed by atoms with Crippen LogP contribution in [0.1, 0.15) is 28.6 Å². The zero-order chi connectivity index (χ0) is 16.2. The quantitative estimate of drug-likeness (QED) is 0.480. The number of ketones is 1. The van der Waals surface area contributed by atoms with Crippen LogP contribution in [0.25, 0.3) is 10.1 Å². The molecule has 0 aliphatic rings. The van der Waals surface area contributed by atoms with Gasteiger partial charge >= 0.3 is 0 Å². The number of anilines is 1. The van der Waals surface area contributed by atoms with Crippen molar-refractivity contribution < 1.29 is 4.79 Å². The number of nitrogens with zero attached hydrogens (tertiary/aromatic N) is 2. The van der Waals surface area contributed by atoms with E-state index >= 15 is 0 Å². The van der Waals surface area contributed by atoms with Crippen LogP contribution < -0.4 is 5.32 Å². The molecule has 3 aromatic rings. The molecule has 0 radical (unpaired) electrons. The van der Waals surface area contributed by atoms with E-state index in [2.05, 4.69) is 34.6 Å². The molecule has 0 spiro atoms. The number of carbonyl (C=O) groups excluding carboxylic acids is 1. The third-order valence-electron chi connectivity index (χ3n) is 3.36. The molecule has 3 rings (SSSR count). The van der Waals surface area contributed by atoms with Gasteiger partial charge in [-0.2, -0.15) is 0 Å². The van der Waals surface area contributed by atoms with Crippen LogP contribution >= 0.6 is 34.4 Å². The molecule has 0 amide bonds. The summed E-state index contributed by atoms with van der Waals surface area (Å²) in [6, 6.07) is 8.15. The fraction of sp³-hybridized carbons (Fsp3) is 0.312. The standard InChI is InChI=1S/C16H17N3OS3/c1-3-8-17-15-18-19-16(23-15)21-9-12(20)14-10(2)11-6-4-5-7-13(11)22-14/h4-7H,3,8-9H2,1-2H3,(H,17,18). The van der Waals surface area contributed by atoms with Gasteiger partial charge in [-0.25, -0.2) is 0 Å². The molecule has 1 N–H and O–H groups in total. The van der Waals surface area contributed by atoms with E-state index in [4.69, 9.17) is 0 Å². The molecule has 23 heavy (non-hydrogen) atoms. The number of rotatable bonds is 7. The van der Waals surface area contributed by atoms with Crippen LogP contribution in [0.5, 0.6) is 0 Å². The monoisotopic (exact) mass is 363 g/mol. The molecule has 2 aromatic heterocycles. The van der Waals surface area contributed by atoms with Gasteiger partial charge < -0.3 is 5.32 Å². The molecular formula is C16H17N3OS3. The van der Waals surface area contributed by atoms with Crippen LogP contribution in [0.3, 0.4) is 0 Å². The molecule has 0 aliphatic carbocycles. The van der Waals surface area contributed by atoms with E-state index in [1.165, 1.54) is 33.2 Å². The van der Waals surface area contributed by atoms with Gasteiger partial charge in [0.15, 0.2) is 10.1 Å². The van der Waals surface area contributed by atoms with Crippen LogP contribution in [-0.2, 0) is 0 Å². The first kappa shape index (κ1) is 16.4. The fourth-order valence-corrected chi connectivity index (χ4v) is 5.09. The van der Waals surface area contributed by atoms with Gasteiger partial charge in [-0.3, -0.25) is 4.79 Å². The lowest BCUT2D eigenvalue weighted by atomic mass is 10.1. The lowest BCUT2D eigenvalue weighted by Crippen LogP contribution is -2.01. The highest BCUT2D eigenvalue weighted by Crippen LogP contribution is 2.32. The SMILES string of the molecule is CCCNc1nnc(SCC(=O)c2sc3ccccc3c2C)s1. The predicted octanol–water partition coefficient (Wildman–Crippen LogP) is 4.86. The summed E-state index contributed by atoms with van der Waals surface area (Å²) in [6.45, 7) is 5.02. The summed E-state index contributed by atoms with van der Waals surface area (Å²) in [7, 11) is 0. The predicted molar refractivity (Wildman–Crippen MR) is 100 cm³/mol. The molecule has 0 unspecified atom stereocenters. The maximum absolute atomic E-state index is 12.5. The van der Waals surface area contributed by atoms with Gasteiger partial charge in [0.2, 0.25) is 5.13 Å². The Balaban J connectivity index is 1.66. The van der Waals surface area contributed by atoms with Crippen molar-refractivity contribution in [3.05, 3.63) is 34.7 Å². The molecule has 120 valence electrons. The molecule has 1 aromatic carbocycles. The third kappa shape index (κ3) is 3.73. The lowest BCUT2D eigenvalue weighted by molar-refractivity contribution is 0.102. The van der Waals surface area contributed by atoms with Crippen molar-refractivity contribution in [2.45, 2.75) is 24.6 Å². The first-order valence-electron chi connectivity index (χ1n) is 7.40. The van der Waals surface area contributed by atoms with Crippen LogP contribution in [0.2, 0.25) is 0 Å². The molecule has 2 heterocycles. The Morgan fingerprint density at radius 3 is 2.87 bits per heavy atom. The highest BCUT2D eigenvalue weighted by molar-refractivity contribution is 8.01. The normalized spacial score (nSPS) is 11.0. The highest BCUT2D eigenvalue weighted by atomic mass is 32.2. The topological polar surface area (TPSA) is 54.9 Å². The highest BCUT2D eigenvalue weighted by Gasteiger charge is 2.16. The van der Waals surface area contributed by atoms with Gasteiger partial charge in [0, 0.05) is 11.2 Å². The summed E-state index contributed by atoms with van der Waals surface area (Å²) in [5, 5.41) is 13.4. The number of carbonyl (C=O) groups is 1. The number of hydrogen-bond acceptors (Lipinski definition) is 7. The molecule has 0 saturated carbocycles. The zero-order valence-electron chi connectivity index (χ0n) is 13.0. The van der Waals surface area contributed by atoms with E-state index in [0.29, 0.717) is 5.75 Å². The van der Waals surface area contributed by atoms with Crippen LogP contribution in [0, 0.1) is 6.92 Å². The first-order chi connectivity index (χ1) is 11.2. The molecule has 0 saturated heterocycles. The Bertz CT molecular complexity index is 825. The maximum Gasteiger partial charge on any atom is 0.206 e. The first-order valence-corrected chi connectivity index (χ1v) is 10.0. The Kier molecular flexibility index (Phi) is 5.30. The van der Waals surface area contributed by atoms with Crippen LogP contribution in [0.4, 0.5) is 5.13 Å². The minimum Gasteiger partial charge on any atom is -0.360 e. The van der Waals surface area contributed by atoms with Crippen molar-refractivity contribution in [1.29, 1.82) is 0 Å². The largest absolute Gasteiger partial charge is 0.360 e. The third-order valence-corrected chi connectivity index (χ3v) is 6.68. The van der Waals surface area contributed by atoms with Gasteiger partial charge in [0.25, 0.3) is 0 Å². The average molecular weight is 364 g/mol. The van der Waals surface area contributed by atoms with E-state index in [1.807, 2.05) is 19.1 Å². The summed E-state index contributed by atoms with van der Waals surface area (Å²) in [4.78, 5) is 13.4. The Morgan fingerprint density at radius 2 is 2.09 bits per heavy atom. The van der Waals surface area contributed by atoms with Gasteiger partial charge in [-0.15, -0.1) is 21.5 Å². The van der Waals surface area contributed by atoms with Crippen LogP contribution in [-0.4, -0.2) is 28.3 Å². The smallest absolute Gasteiger partial charge is 0.206 e. The lowest BCUT2D eigenvalue weighted by Gasteiger charge is -1.98. The van der Waals surface area contributed by atoms with Gasteiger partial charge in [-0.1, -0.05) is 48.2 Å². The second-order valence-corrected chi connectivity index (χ2v) is 8.32. The Labute approximate surface area is 147 Å². The number of fused-ring (bicyclic) bond motifs is 1. The molecule has 0 atom stereocenters. The van der Waals surface area contributed by atoms with Crippen molar-refractivity contribution in [2.24, 2.45) is 0 Å². The van der Waals surface area contributed by atoms with Gasteiger partial charge in [0.05, 0.1) is 10.6 Å². The molecular weight excluding hydrogens is 346 g/mol. The summed E-state index contributed by atoms with van der Waals surface area (Å²) in [5.41, 5.74) is 1.08. The summed E-state index contributed by atoms with van der Waals surface area (Å²) in [5.74, 6) is 0.558. The number of thiophene rings is 1. The minimum atomic E-state index is 0.159. The number of nitrogens with one attached hydrogen (secondary N) is 1. The number of hydrogen-bond donors (Lipinski definition) is 1. The average Bonchev–Trinajstić information content (AvgIpc) is 3.16. The van der Waals surface area contributed by atoms with E-state index in [0.717, 1.165) is 32.9 Å². The second-order valence-electron chi connectivity index (χ2n) is 5.06. The maximum atomic E-state index is 12.5. The molecule has 7 heteroatoms. The van der Waals surface area contributed by atoms with Crippen molar-refractivity contribution in [1.82, 2.24) is 10.2 Å². The minimum absolute atomic E-state index is 0.159. The number of aryl methyl sites for hydroxylation is 1. The van der Waals surface area contributed by atoms with Crippen molar-refractivity contribution in [2.75, 3.05) is 17.6 Å². The number of benzene rings is 1. The summed E-state index contributed by atoms with van der Waals surface area (Å²) >= 11 is 4.53. The number of aromatic nitrogens is 2. The van der Waals surface area contributed by atoms with E-state index in [9.17, 15) is 4.79 Å². The van der Waals surface area contributed by atoms with E-state index in [1.54, 1.807) is 11.3 Å².